The number of amides is 1. The molecule has 0 radical (unpaired) electrons. The van der Waals surface area contributed by atoms with Crippen molar-refractivity contribution in [3.05, 3.63) is 41.9 Å². The second-order valence-corrected chi connectivity index (χ2v) is 8.90. The van der Waals surface area contributed by atoms with Gasteiger partial charge in [0, 0.05) is 5.56 Å². The number of carbonyl (C=O) groups is 1. The van der Waals surface area contributed by atoms with Gasteiger partial charge in [0.1, 0.15) is 11.9 Å². The van der Waals surface area contributed by atoms with Crippen LogP contribution < -0.4 is 4.90 Å². The lowest BCUT2D eigenvalue weighted by Crippen LogP contribution is -2.26. The second kappa shape index (κ2) is 6.89. The van der Waals surface area contributed by atoms with Gasteiger partial charge in [0.25, 0.3) is 5.88 Å². The molecule has 9 nitrogen and oxygen atoms in total. The summed E-state index contributed by atoms with van der Waals surface area (Å²) in [6.07, 6.45) is 1.97. The largest absolute Gasteiger partial charge is 0.491 e. The Bertz CT molecular complexity index is 1070. The Hall–Kier alpha value is -2.95. The molecule has 148 valence electrons. The van der Waals surface area contributed by atoms with E-state index >= 15 is 0 Å². The van der Waals surface area contributed by atoms with E-state index in [9.17, 15) is 22.7 Å². The highest BCUT2D eigenvalue weighted by Gasteiger charge is 2.33. The highest BCUT2D eigenvalue weighted by atomic mass is 32.2. The van der Waals surface area contributed by atoms with Crippen LogP contribution in [0.15, 0.2) is 30.5 Å². The lowest BCUT2D eigenvalue weighted by atomic mass is 10.0. The summed E-state index contributed by atoms with van der Waals surface area (Å²) >= 11 is 0. The molecule has 0 saturated carbocycles. The summed E-state index contributed by atoms with van der Waals surface area (Å²) in [6.45, 7) is 0.400. The number of ether oxygens (including phenoxy) is 1. The lowest BCUT2D eigenvalue weighted by molar-refractivity contribution is 0.129. The van der Waals surface area contributed by atoms with Crippen molar-refractivity contribution < 1.29 is 27.4 Å². The summed E-state index contributed by atoms with van der Waals surface area (Å²) < 4.78 is 44.3. The van der Waals surface area contributed by atoms with E-state index in [1.54, 1.807) is 12.1 Å². The Morgan fingerprint density at radius 1 is 1.36 bits per heavy atom. The Balaban J connectivity index is 1.49. The lowest BCUT2D eigenvalue weighted by Gasteiger charge is -2.17. The molecule has 28 heavy (non-hydrogen) atoms. The molecular weight excluding hydrogens is 391 g/mol. The van der Waals surface area contributed by atoms with Crippen LogP contribution in [0.5, 0.6) is 5.88 Å². The van der Waals surface area contributed by atoms with Crippen LogP contribution in [0.25, 0.3) is 5.57 Å². The van der Waals surface area contributed by atoms with E-state index in [0.29, 0.717) is 16.8 Å². The number of allylic oxidation sites excluding steroid dienone is 1. The fraction of sp³-hybridized carbons (Fsp3) is 0.353. The molecule has 1 aromatic heterocycles. The molecule has 1 N–H and O–H groups in total. The molecule has 4 rings (SSSR count). The Morgan fingerprint density at radius 3 is 2.82 bits per heavy atom. The van der Waals surface area contributed by atoms with Gasteiger partial charge in [-0.1, -0.05) is 16.4 Å². The van der Waals surface area contributed by atoms with Gasteiger partial charge < -0.3 is 9.84 Å². The van der Waals surface area contributed by atoms with E-state index < -0.39 is 27.9 Å². The van der Waals surface area contributed by atoms with Crippen molar-refractivity contribution in [2.45, 2.75) is 19.1 Å². The van der Waals surface area contributed by atoms with Crippen molar-refractivity contribution in [1.29, 1.82) is 0 Å². The molecule has 1 amide bonds. The zero-order valence-electron chi connectivity index (χ0n) is 14.7. The average Bonchev–Trinajstić information content (AvgIpc) is 3.21. The van der Waals surface area contributed by atoms with Crippen molar-refractivity contribution in [1.82, 2.24) is 15.0 Å². The van der Waals surface area contributed by atoms with Crippen LogP contribution in [-0.4, -0.2) is 58.8 Å². The zero-order chi connectivity index (χ0) is 19.9. The highest BCUT2D eigenvalue weighted by Crippen LogP contribution is 2.30. The SMILES string of the molecule is O=C1OC(Cn2cc(O)nn2)CN1c1ccc(C2=CCS(=O)(=O)CC2)c(F)c1. The number of nitrogens with zero attached hydrogens (tertiary/aromatic N) is 4. The summed E-state index contributed by atoms with van der Waals surface area (Å²) in [5, 5.41) is 16.3. The molecule has 1 aromatic carbocycles. The molecule has 2 aromatic rings. The van der Waals surface area contributed by atoms with Crippen molar-refractivity contribution >= 4 is 27.2 Å². The predicted octanol–water partition coefficient (Wildman–Crippen LogP) is 1.35. The number of rotatable bonds is 4. The van der Waals surface area contributed by atoms with Gasteiger partial charge in [-0.3, -0.25) is 4.90 Å². The minimum atomic E-state index is -3.09. The fourth-order valence-corrected chi connectivity index (χ4v) is 4.42. The van der Waals surface area contributed by atoms with Crippen LogP contribution in [0.3, 0.4) is 0 Å². The van der Waals surface area contributed by atoms with Gasteiger partial charge in [-0.05, 0) is 30.2 Å². The molecule has 2 aliphatic rings. The normalized spacial score (nSPS) is 21.5. The number of hydrogen-bond donors (Lipinski definition) is 1. The predicted molar refractivity (Wildman–Crippen MR) is 96.9 cm³/mol. The molecule has 1 atom stereocenters. The maximum Gasteiger partial charge on any atom is 0.414 e. The first-order valence-electron chi connectivity index (χ1n) is 8.57. The van der Waals surface area contributed by atoms with Gasteiger partial charge in [0.2, 0.25) is 0 Å². The number of cyclic esters (lactones) is 1. The minimum Gasteiger partial charge on any atom is -0.491 e. The first kappa shape index (κ1) is 18.4. The second-order valence-electron chi connectivity index (χ2n) is 6.67. The molecule has 0 spiro atoms. The number of benzene rings is 1. The van der Waals surface area contributed by atoms with Crippen molar-refractivity contribution in [2.24, 2.45) is 0 Å². The average molecular weight is 408 g/mol. The number of halogens is 1. The maximum atomic E-state index is 14.6. The van der Waals surface area contributed by atoms with Crippen LogP contribution in [0.2, 0.25) is 0 Å². The minimum absolute atomic E-state index is 0.00199. The van der Waals surface area contributed by atoms with Crippen LogP contribution in [0.1, 0.15) is 12.0 Å². The topological polar surface area (TPSA) is 115 Å². The summed E-state index contributed by atoms with van der Waals surface area (Å²) in [5.41, 5.74) is 1.33. The van der Waals surface area contributed by atoms with Crippen LogP contribution >= 0.6 is 0 Å². The van der Waals surface area contributed by atoms with Crippen LogP contribution in [0.4, 0.5) is 14.9 Å². The first-order valence-corrected chi connectivity index (χ1v) is 10.4. The Kier molecular flexibility index (Phi) is 4.53. The van der Waals surface area contributed by atoms with Gasteiger partial charge in [-0.25, -0.2) is 22.3 Å². The van der Waals surface area contributed by atoms with Gasteiger partial charge in [-0.2, -0.15) is 0 Å². The molecule has 1 unspecified atom stereocenters. The molecule has 0 bridgehead atoms. The number of aromatic hydroxyl groups is 1. The Labute approximate surface area is 159 Å². The summed E-state index contributed by atoms with van der Waals surface area (Å²) in [5.74, 6) is -0.858. The van der Waals surface area contributed by atoms with E-state index in [1.807, 2.05) is 0 Å². The zero-order valence-corrected chi connectivity index (χ0v) is 15.5. The summed E-state index contributed by atoms with van der Waals surface area (Å²) in [7, 11) is -3.09. The third-order valence-electron chi connectivity index (χ3n) is 4.67. The quantitative estimate of drug-likeness (QED) is 0.812. The van der Waals surface area contributed by atoms with Crippen LogP contribution in [0, 0.1) is 5.82 Å². The van der Waals surface area contributed by atoms with Gasteiger partial charge >= 0.3 is 6.09 Å². The molecular formula is C17H17FN4O5S. The standard InChI is InChI=1S/C17H17FN4O5S/c18-15-7-12(1-2-14(15)11-3-5-28(25,26)6-4-11)22-9-13(27-17(22)24)8-21-10-16(23)19-20-21/h1-3,7,10,13,23H,4-6,8-9H2. The highest BCUT2D eigenvalue weighted by molar-refractivity contribution is 7.91. The van der Waals surface area contributed by atoms with Gasteiger partial charge in [0.15, 0.2) is 9.84 Å². The fourth-order valence-electron chi connectivity index (χ4n) is 3.27. The van der Waals surface area contributed by atoms with Crippen molar-refractivity contribution in [3.63, 3.8) is 0 Å². The molecule has 3 heterocycles. The number of carbonyl (C=O) groups excluding carboxylic acids is 1. The maximum absolute atomic E-state index is 14.6. The van der Waals surface area contributed by atoms with E-state index in [2.05, 4.69) is 10.3 Å². The van der Waals surface area contributed by atoms with Crippen LogP contribution in [-0.2, 0) is 21.1 Å². The summed E-state index contributed by atoms with van der Waals surface area (Å²) in [6, 6.07) is 4.39. The van der Waals surface area contributed by atoms with Crippen molar-refractivity contribution in [2.75, 3.05) is 23.0 Å². The van der Waals surface area contributed by atoms with E-state index in [1.165, 1.54) is 27.9 Å². The summed E-state index contributed by atoms with van der Waals surface area (Å²) in [4.78, 5) is 13.5. The van der Waals surface area contributed by atoms with Gasteiger partial charge in [-0.15, -0.1) is 0 Å². The molecule has 2 aliphatic heterocycles. The smallest absolute Gasteiger partial charge is 0.414 e. The monoisotopic (exact) mass is 408 g/mol. The third-order valence-corrected chi connectivity index (χ3v) is 6.17. The molecule has 1 saturated heterocycles. The van der Waals surface area contributed by atoms with Gasteiger partial charge in [0.05, 0.1) is 36.5 Å². The van der Waals surface area contributed by atoms with E-state index in [-0.39, 0.29) is 36.9 Å². The third kappa shape index (κ3) is 3.70. The number of anilines is 1. The molecule has 11 heteroatoms. The first-order chi connectivity index (χ1) is 13.3. The Morgan fingerprint density at radius 2 is 2.18 bits per heavy atom. The van der Waals surface area contributed by atoms with E-state index in [0.717, 1.165) is 0 Å². The molecule has 1 fully saturated rings. The number of hydrogen-bond acceptors (Lipinski definition) is 7. The number of aromatic nitrogens is 3. The van der Waals surface area contributed by atoms with Crippen molar-refractivity contribution in [3.8, 4) is 5.88 Å². The van der Waals surface area contributed by atoms with E-state index in [4.69, 9.17) is 4.74 Å². The molecule has 0 aliphatic carbocycles. The number of sulfone groups is 1.